The normalized spacial score (nSPS) is 26.1. The van der Waals surface area contributed by atoms with E-state index in [0.717, 1.165) is 17.7 Å². The maximum absolute atomic E-state index is 15.5. The molecule has 0 saturated carbocycles. The zero-order valence-corrected chi connectivity index (χ0v) is 20.6. The average Bonchev–Trinajstić information content (AvgIpc) is 3.06. The number of rotatable bonds is 11. The van der Waals surface area contributed by atoms with Crippen LogP contribution in [0.4, 0.5) is 10.2 Å². The number of nitrogens with zero attached hydrogens (tertiary/aromatic N) is 2. The van der Waals surface area contributed by atoms with Crippen molar-refractivity contribution in [3.8, 4) is 5.75 Å². The van der Waals surface area contributed by atoms with Gasteiger partial charge in [0.1, 0.15) is 24.0 Å². The highest BCUT2D eigenvalue weighted by Gasteiger charge is 2.56. The zero-order chi connectivity index (χ0) is 26.5. The fraction of sp³-hybridized carbons (Fsp3) is 0.476. The summed E-state index contributed by atoms with van der Waals surface area (Å²) in [7, 11) is -4.29. The summed E-state index contributed by atoms with van der Waals surface area (Å²) in [4.78, 5) is 27.8. The van der Waals surface area contributed by atoms with Gasteiger partial charge in [-0.1, -0.05) is 18.2 Å². The highest BCUT2D eigenvalue weighted by molar-refractivity contribution is 7.52. The molecule has 4 N–H and O–H groups in total. The predicted molar refractivity (Wildman–Crippen MR) is 123 cm³/mol. The molecule has 0 amide bonds. The van der Waals surface area contributed by atoms with Gasteiger partial charge in [-0.15, -0.1) is 0 Å². The van der Waals surface area contributed by atoms with E-state index in [1.165, 1.54) is 25.1 Å². The highest BCUT2D eigenvalue weighted by Crippen LogP contribution is 2.47. The van der Waals surface area contributed by atoms with Crippen LogP contribution in [0.15, 0.2) is 47.4 Å². The van der Waals surface area contributed by atoms with Crippen molar-refractivity contribution in [2.75, 3.05) is 18.7 Å². The van der Waals surface area contributed by atoms with Crippen molar-refractivity contribution in [3.63, 3.8) is 0 Å². The molecule has 1 aromatic heterocycles. The number of para-hydroxylation sites is 1. The first-order valence-electron chi connectivity index (χ1n) is 11.0. The Balaban J connectivity index is 1.79. The molecule has 2 unspecified atom stereocenters. The number of ether oxygens (including phenoxy) is 2. The van der Waals surface area contributed by atoms with Crippen LogP contribution in [0.5, 0.6) is 5.75 Å². The molecule has 1 fully saturated rings. The molecule has 2 aromatic rings. The molecule has 1 aliphatic rings. The van der Waals surface area contributed by atoms with E-state index in [4.69, 9.17) is 23.7 Å². The number of alkyl halides is 1. The summed E-state index contributed by atoms with van der Waals surface area (Å²) in [5.74, 6) is -0.726. The van der Waals surface area contributed by atoms with Gasteiger partial charge in [0.05, 0.1) is 13.2 Å². The summed E-state index contributed by atoms with van der Waals surface area (Å²) in [6, 6.07) is 8.06. The van der Waals surface area contributed by atoms with Crippen LogP contribution in [0, 0.1) is 0 Å². The van der Waals surface area contributed by atoms with E-state index in [9.17, 15) is 19.3 Å². The van der Waals surface area contributed by atoms with Gasteiger partial charge in [0, 0.05) is 6.20 Å². The monoisotopic (exact) mass is 530 g/mol. The van der Waals surface area contributed by atoms with Crippen molar-refractivity contribution in [1.29, 1.82) is 0 Å². The Labute approximate surface area is 205 Å². The molecule has 6 atom stereocenters. The average molecular weight is 530 g/mol. The molecular formula is C21H28FN4O9P. The third kappa shape index (κ3) is 6.27. The number of carbonyl (C=O) groups excluding carboxylic acids is 1. The first-order chi connectivity index (χ1) is 17.0. The SMILES string of the molecule is CCOC(=O)[C@H](C)NP(=O)(OC[C@H]1O[C@@H](n2ccc(NO)nc2=O)C(C)(F)[C@H]1O)Oc1ccccc1. The second-order valence-corrected chi connectivity index (χ2v) is 9.73. The van der Waals surface area contributed by atoms with Crippen LogP contribution in [-0.4, -0.2) is 63.0 Å². The molecule has 1 saturated heterocycles. The molecular weight excluding hydrogens is 502 g/mol. The number of aliphatic hydroxyl groups is 1. The van der Waals surface area contributed by atoms with Crippen LogP contribution in [-0.2, 0) is 23.4 Å². The number of anilines is 1. The maximum Gasteiger partial charge on any atom is 0.459 e. The van der Waals surface area contributed by atoms with E-state index in [0.29, 0.717) is 0 Å². The second-order valence-electron chi connectivity index (χ2n) is 8.04. The van der Waals surface area contributed by atoms with E-state index in [1.54, 1.807) is 30.6 Å². The third-order valence-corrected chi connectivity index (χ3v) is 6.93. The van der Waals surface area contributed by atoms with Gasteiger partial charge in [-0.3, -0.25) is 24.6 Å². The molecule has 15 heteroatoms. The number of aliphatic hydroxyl groups excluding tert-OH is 1. The van der Waals surface area contributed by atoms with Gasteiger partial charge in [0.15, 0.2) is 17.7 Å². The summed E-state index contributed by atoms with van der Waals surface area (Å²) in [6.45, 7) is 3.48. The number of nitrogens with one attached hydrogen (secondary N) is 2. The minimum Gasteiger partial charge on any atom is -0.465 e. The molecule has 0 radical (unpaired) electrons. The minimum atomic E-state index is -4.29. The van der Waals surface area contributed by atoms with Gasteiger partial charge in [0.2, 0.25) is 0 Å². The van der Waals surface area contributed by atoms with E-state index in [2.05, 4.69) is 10.1 Å². The lowest BCUT2D eigenvalue weighted by Crippen LogP contribution is -2.43. The Kier molecular flexibility index (Phi) is 8.82. The molecule has 0 bridgehead atoms. The van der Waals surface area contributed by atoms with Crippen molar-refractivity contribution >= 4 is 19.5 Å². The number of carbonyl (C=O) groups is 1. The smallest absolute Gasteiger partial charge is 0.459 e. The standard InChI is InChI=1S/C21H28FN4O9P/c1-4-32-18(28)13(2)25-36(31,35-14-8-6-5-7-9-14)33-12-15-17(27)21(3,22)19(34-15)26-11-10-16(24-30)23-20(26)29/h5-11,13,15,17,19,27,30H,4,12H2,1-3H3,(H,25,31)(H,23,24,29)/t13-,15+,17-,19+,21?,36?/m0/s1. The first kappa shape index (κ1) is 27.7. The van der Waals surface area contributed by atoms with Crippen molar-refractivity contribution in [2.45, 2.75) is 50.9 Å². The van der Waals surface area contributed by atoms with Crippen LogP contribution >= 0.6 is 7.75 Å². The van der Waals surface area contributed by atoms with Crippen molar-refractivity contribution in [2.24, 2.45) is 0 Å². The maximum atomic E-state index is 15.5. The topological polar surface area (TPSA) is 170 Å². The van der Waals surface area contributed by atoms with Gasteiger partial charge >= 0.3 is 19.4 Å². The van der Waals surface area contributed by atoms with Crippen molar-refractivity contribution in [1.82, 2.24) is 14.6 Å². The number of hydrogen-bond donors (Lipinski definition) is 4. The Morgan fingerprint density at radius 2 is 2.06 bits per heavy atom. The quantitative estimate of drug-likeness (QED) is 0.189. The Morgan fingerprint density at radius 1 is 1.36 bits per heavy atom. The number of hydrogen-bond acceptors (Lipinski definition) is 11. The zero-order valence-electron chi connectivity index (χ0n) is 19.7. The summed E-state index contributed by atoms with van der Waals surface area (Å²) in [6.07, 6.45) is -3.69. The van der Waals surface area contributed by atoms with E-state index in [1.807, 2.05) is 0 Å². The summed E-state index contributed by atoms with van der Waals surface area (Å²) >= 11 is 0. The number of halogens is 1. The Hall–Kier alpha value is -2.87. The lowest BCUT2D eigenvalue weighted by Gasteiger charge is -2.25. The first-order valence-corrected chi connectivity index (χ1v) is 12.5. The van der Waals surface area contributed by atoms with Crippen molar-refractivity contribution in [3.05, 3.63) is 53.1 Å². The van der Waals surface area contributed by atoms with Crippen LogP contribution < -0.4 is 20.8 Å². The van der Waals surface area contributed by atoms with Gasteiger partial charge in [-0.25, -0.2) is 13.8 Å². The molecule has 198 valence electrons. The molecule has 0 spiro atoms. The minimum absolute atomic E-state index is 0.0949. The van der Waals surface area contributed by atoms with E-state index >= 15 is 4.39 Å². The van der Waals surface area contributed by atoms with Crippen LogP contribution in [0.2, 0.25) is 0 Å². The van der Waals surface area contributed by atoms with E-state index in [-0.39, 0.29) is 18.2 Å². The van der Waals surface area contributed by atoms with Crippen LogP contribution in [0.3, 0.4) is 0 Å². The highest BCUT2D eigenvalue weighted by atomic mass is 31.2. The molecule has 2 heterocycles. The Bertz CT molecular complexity index is 1150. The van der Waals surface area contributed by atoms with Crippen LogP contribution in [0.25, 0.3) is 0 Å². The molecule has 13 nitrogen and oxygen atoms in total. The van der Waals surface area contributed by atoms with Crippen LogP contribution in [0.1, 0.15) is 27.0 Å². The number of benzene rings is 1. The van der Waals surface area contributed by atoms with Gasteiger partial charge in [-0.05, 0) is 39.0 Å². The number of aromatic nitrogens is 2. The van der Waals surface area contributed by atoms with Crippen molar-refractivity contribution < 1.29 is 42.6 Å². The van der Waals surface area contributed by atoms with E-state index < -0.39 is 56.2 Å². The molecule has 1 aliphatic heterocycles. The summed E-state index contributed by atoms with van der Waals surface area (Å²) < 4.78 is 51.2. The molecule has 3 rings (SSSR count). The van der Waals surface area contributed by atoms with Gasteiger partial charge in [0.25, 0.3) is 0 Å². The summed E-state index contributed by atoms with van der Waals surface area (Å²) in [5, 5.41) is 21.9. The lowest BCUT2D eigenvalue weighted by atomic mass is 9.98. The molecule has 0 aliphatic carbocycles. The predicted octanol–water partition coefficient (Wildman–Crippen LogP) is 1.78. The van der Waals surface area contributed by atoms with Gasteiger partial charge in [-0.2, -0.15) is 10.1 Å². The lowest BCUT2D eigenvalue weighted by molar-refractivity contribution is -0.144. The summed E-state index contributed by atoms with van der Waals surface area (Å²) in [5.41, 5.74) is -1.74. The fourth-order valence-electron chi connectivity index (χ4n) is 3.44. The largest absolute Gasteiger partial charge is 0.465 e. The molecule has 36 heavy (non-hydrogen) atoms. The third-order valence-electron chi connectivity index (χ3n) is 5.28. The Morgan fingerprint density at radius 3 is 2.67 bits per heavy atom. The second kappa shape index (κ2) is 11.5. The van der Waals surface area contributed by atoms with Gasteiger partial charge < -0.3 is 19.1 Å². The number of esters is 1. The molecule has 1 aromatic carbocycles. The fourth-order valence-corrected chi connectivity index (χ4v) is 4.94.